The van der Waals surface area contributed by atoms with Gasteiger partial charge in [0.2, 0.25) is 0 Å². The number of hydrogen-bond donors (Lipinski definition) is 1. The van der Waals surface area contributed by atoms with Crippen molar-refractivity contribution in [3.05, 3.63) is 0 Å². The Morgan fingerprint density at radius 3 is 2.12 bits per heavy atom. The molecule has 0 aliphatic carbocycles. The van der Waals surface area contributed by atoms with Gasteiger partial charge in [-0.05, 0) is 25.2 Å². The average molecular weight is 243 g/mol. The van der Waals surface area contributed by atoms with Crippen LogP contribution in [-0.4, -0.2) is 48.0 Å². The van der Waals surface area contributed by atoms with E-state index in [0.717, 1.165) is 45.6 Å². The molecule has 0 aromatic heterocycles. The number of ether oxygens (including phenoxy) is 1. The van der Waals surface area contributed by atoms with Crippen LogP contribution in [0.2, 0.25) is 0 Å². The predicted octanol–water partition coefficient (Wildman–Crippen LogP) is 2.28. The molecule has 0 spiro atoms. The van der Waals surface area contributed by atoms with Gasteiger partial charge in [-0.2, -0.15) is 0 Å². The minimum absolute atomic E-state index is 0.279. The van der Waals surface area contributed by atoms with Crippen molar-refractivity contribution in [1.29, 1.82) is 0 Å². The third-order valence-electron chi connectivity index (χ3n) is 4.03. The summed E-state index contributed by atoms with van der Waals surface area (Å²) in [5.74, 6) is 0.618. The van der Waals surface area contributed by atoms with Crippen molar-refractivity contribution in [2.75, 3.05) is 26.3 Å². The van der Waals surface area contributed by atoms with Crippen LogP contribution < -0.4 is 0 Å². The van der Waals surface area contributed by atoms with E-state index in [9.17, 15) is 5.11 Å². The van der Waals surface area contributed by atoms with Gasteiger partial charge >= 0.3 is 0 Å². The van der Waals surface area contributed by atoms with Crippen LogP contribution in [0.5, 0.6) is 0 Å². The molecular weight excluding hydrogens is 214 g/mol. The Morgan fingerprint density at radius 2 is 1.71 bits per heavy atom. The van der Waals surface area contributed by atoms with E-state index in [1.165, 1.54) is 0 Å². The van der Waals surface area contributed by atoms with Crippen molar-refractivity contribution >= 4 is 0 Å². The zero-order valence-corrected chi connectivity index (χ0v) is 11.9. The van der Waals surface area contributed by atoms with Gasteiger partial charge in [0.05, 0.1) is 18.8 Å². The van der Waals surface area contributed by atoms with Gasteiger partial charge in [-0.25, -0.2) is 0 Å². The van der Waals surface area contributed by atoms with Crippen LogP contribution in [0.15, 0.2) is 0 Å². The van der Waals surface area contributed by atoms with Crippen molar-refractivity contribution in [3.63, 3.8) is 0 Å². The smallest absolute Gasteiger partial charge is 0.0797 e. The number of aliphatic hydroxyl groups is 1. The highest BCUT2D eigenvalue weighted by atomic mass is 16.5. The largest absolute Gasteiger partial charge is 0.388 e. The maximum atomic E-state index is 10.8. The standard InChI is InChI=1S/C14H29NO2/c1-5-14(16,6-2)13(11-12(3)4)15-7-9-17-10-8-15/h12-13,16H,5-11H2,1-4H3/t13-/m0/s1. The summed E-state index contributed by atoms with van der Waals surface area (Å²) < 4.78 is 5.41. The minimum Gasteiger partial charge on any atom is -0.388 e. The van der Waals surface area contributed by atoms with E-state index in [4.69, 9.17) is 4.74 Å². The van der Waals surface area contributed by atoms with Gasteiger partial charge in [0.1, 0.15) is 0 Å². The highest BCUT2D eigenvalue weighted by Crippen LogP contribution is 2.29. The summed E-state index contributed by atoms with van der Waals surface area (Å²) in [6.07, 6.45) is 2.73. The van der Waals surface area contributed by atoms with Gasteiger partial charge < -0.3 is 9.84 Å². The Labute approximate surface area is 106 Å². The van der Waals surface area contributed by atoms with E-state index in [0.29, 0.717) is 5.92 Å². The molecule has 1 fully saturated rings. The molecule has 0 saturated carbocycles. The summed E-state index contributed by atoms with van der Waals surface area (Å²) in [6, 6.07) is 0.279. The third-order valence-corrected chi connectivity index (χ3v) is 4.03. The number of nitrogens with zero attached hydrogens (tertiary/aromatic N) is 1. The van der Waals surface area contributed by atoms with Crippen molar-refractivity contribution in [3.8, 4) is 0 Å². The summed E-state index contributed by atoms with van der Waals surface area (Å²) in [5, 5.41) is 10.8. The first kappa shape index (κ1) is 14.9. The topological polar surface area (TPSA) is 32.7 Å². The van der Waals surface area contributed by atoms with Gasteiger partial charge in [-0.3, -0.25) is 4.90 Å². The predicted molar refractivity (Wildman–Crippen MR) is 71.2 cm³/mol. The molecule has 3 heteroatoms. The molecule has 0 aromatic carbocycles. The fraction of sp³-hybridized carbons (Fsp3) is 1.00. The van der Waals surface area contributed by atoms with Crippen molar-refractivity contribution in [2.24, 2.45) is 5.92 Å². The zero-order valence-electron chi connectivity index (χ0n) is 11.9. The summed E-state index contributed by atoms with van der Waals surface area (Å²) in [5.41, 5.74) is -0.540. The molecule has 1 aliphatic rings. The molecule has 102 valence electrons. The number of hydrogen-bond acceptors (Lipinski definition) is 3. The molecule has 17 heavy (non-hydrogen) atoms. The quantitative estimate of drug-likeness (QED) is 0.777. The van der Waals surface area contributed by atoms with Crippen LogP contribution in [0.3, 0.4) is 0 Å². The lowest BCUT2D eigenvalue weighted by atomic mass is 9.82. The molecule has 0 bridgehead atoms. The molecule has 3 nitrogen and oxygen atoms in total. The molecule has 0 unspecified atom stereocenters. The summed E-state index contributed by atoms with van der Waals surface area (Å²) in [7, 11) is 0. The number of rotatable bonds is 6. The fourth-order valence-electron chi connectivity index (χ4n) is 2.77. The summed E-state index contributed by atoms with van der Waals surface area (Å²) >= 11 is 0. The Bertz CT molecular complexity index is 208. The molecule has 1 atom stereocenters. The lowest BCUT2D eigenvalue weighted by Crippen LogP contribution is -2.56. The second kappa shape index (κ2) is 6.72. The first-order valence-electron chi connectivity index (χ1n) is 7.07. The molecule has 1 rings (SSSR count). The van der Waals surface area contributed by atoms with Crippen LogP contribution in [-0.2, 0) is 4.74 Å². The zero-order chi connectivity index (χ0) is 12.9. The first-order valence-corrected chi connectivity index (χ1v) is 7.07. The maximum Gasteiger partial charge on any atom is 0.0797 e. The van der Waals surface area contributed by atoms with E-state index in [2.05, 4.69) is 32.6 Å². The van der Waals surface area contributed by atoms with Gasteiger partial charge in [0.15, 0.2) is 0 Å². The first-order chi connectivity index (χ1) is 8.03. The van der Waals surface area contributed by atoms with Gasteiger partial charge in [0, 0.05) is 19.1 Å². The van der Waals surface area contributed by atoms with Crippen LogP contribution >= 0.6 is 0 Å². The number of morpholine rings is 1. The lowest BCUT2D eigenvalue weighted by Gasteiger charge is -2.44. The SMILES string of the molecule is CCC(O)(CC)[C@H](CC(C)C)N1CCOCC1. The molecular formula is C14H29NO2. The molecule has 0 amide bonds. The molecule has 1 saturated heterocycles. The van der Waals surface area contributed by atoms with E-state index in [1.807, 2.05) is 0 Å². The summed E-state index contributed by atoms with van der Waals surface area (Å²) in [4.78, 5) is 2.43. The van der Waals surface area contributed by atoms with E-state index < -0.39 is 5.60 Å². The molecule has 1 aliphatic heterocycles. The Balaban J connectivity index is 2.77. The van der Waals surface area contributed by atoms with Crippen molar-refractivity contribution in [1.82, 2.24) is 4.90 Å². The molecule has 0 radical (unpaired) electrons. The second-order valence-electron chi connectivity index (χ2n) is 5.60. The lowest BCUT2D eigenvalue weighted by molar-refractivity contribution is -0.0873. The molecule has 1 N–H and O–H groups in total. The Morgan fingerprint density at radius 1 is 1.18 bits per heavy atom. The van der Waals surface area contributed by atoms with Gasteiger partial charge in [-0.1, -0.05) is 27.7 Å². The van der Waals surface area contributed by atoms with Gasteiger partial charge in [-0.15, -0.1) is 0 Å². The van der Waals surface area contributed by atoms with Crippen molar-refractivity contribution < 1.29 is 9.84 Å². The van der Waals surface area contributed by atoms with Crippen LogP contribution in [0.25, 0.3) is 0 Å². The molecule has 0 aromatic rings. The van der Waals surface area contributed by atoms with Gasteiger partial charge in [0.25, 0.3) is 0 Å². The monoisotopic (exact) mass is 243 g/mol. The van der Waals surface area contributed by atoms with Crippen molar-refractivity contribution in [2.45, 2.75) is 58.6 Å². The normalized spacial score (nSPS) is 20.8. The van der Waals surface area contributed by atoms with Crippen LogP contribution in [0.1, 0.15) is 47.0 Å². The molecule has 1 heterocycles. The van der Waals surface area contributed by atoms with E-state index in [1.54, 1.807) is 0 Å². The highest BCUT2D eigenvalue weighted by Gasteiger charge is 2.38. The summed E-state index contributed by atoms with van der Waals surface area (Å²) in [6.45, 7) is 12.2. The Kier molecular flexibility index (Phi) is 5.90. The second-order valence-corrected chi connectivity index (χ2v) is 5.60. The fourth-order valence-corrected chi connectivity index (χ4v) is 2.77. The maximum absolute atomic E-state index is 10.8. The average Bonchev–Trinajstić information content (AvgIpc) is 2.36. The van der Waals surface area contributed by atoms with E-state index >= 15 is 0 Å². The highest BCUT2D eigenvalue weighted by molar-refractivity contribution is 4.92. The third kappa shape index (κ3) is 3.94. The van der Waals surface area contributed by atoms with Crippen LogP contribution in [0.4, 0.5) is 0 Å². The Hall–Kier alpha value is -0.120. The van der Waals surface area contributed by atoms with Crippen LogP contribution in [0, 0.1) is 5.92 Å². The minimum atomic E-state index is -0.540. The van der Waals surface area contributed by atoms with E-state index in [-0.39, 0.29) is 6.04 Å².